The van der Waals surface area contributed by atoms with Gasteiger partial charge in [0.1, 0.15) is 0 Å². The van der Waals surface area contributed by atoms with E-state index < -0.39 is 0 Å². The first-order valence-corrected chi connectivity index (χ1v) is 5.41. The van der Waals surface area contributed by atoms with Gasteiger partial charge in [0.05, 0.1) is 6.54 Å². The molecule has 0 radical (unpaired) electrons. The first-order chi connectivity index (χ1) is 6.40. The predicted molar refractivity (Wildman–Crippen MR) is 58.2 cm³/mol. The summed E-state index contributed by atoms with van der Waals surface area (Å²) in [5, 5.41) is 3.21. The molecule has 82 valence electrons. The van der Waals surface area contributed by atoms with E-state index in [0.717, 1.165) is 0 Å². The Morgan fingerprint density at radius 1 is 1.43 bits per heavy atom. The Morgan fingerprint density at radius 3 is 2.36 bits per heavy atom. The fourth-order valence-electron chi connectivity index (χ4n) is 1.44. The van der Waals surface area contributed by atoms with Crippen molar-refractivity contribution in [3.63, 3.8) is 0 Å². The number of hydrogen-bond donors (Lipinski definition) is 1. The first kappa shape index (κ1) is 11.5. The lowest BCUT2D eigenvalue weighted by Gasteiger charge is -2.35. The third-order valence-corrected chi connectivity index (χ3v) is 2.79. The van der Waals surface area contributed by atoms with Gasteiger partial charge in [-0.05, 0) is 40.0 Å². The normalized spacial score (nSPS) is 17.7. The zero-order valence-electron chi connectivity index (χ0n) is 9.76. The van der Waals surface area contributed by atoms with E-state index in [4.69, 9.17) is 0 Å². The summed E-state index contributed by atoms with van der Waals surface area (Å²) in [6.07, 6.45) is 3.63. The van der Waals surface area contributed by atoms with Crippen molar-refractivity contribution >= 4 is 5.91 Å². The lowest BCUT2D eigenvalue weighted by molar-refractivity contribution is -0.132. The van der Waals surface area contributed by atoms with Gasteiger partial charge in [-0.15, -0.1) is 0 Å². The zero-order chi connectivity index (χ0) is 10.8. The predicted octanol–water partition coefficient (Wildman–Crippen LogP) is 1.39. The van der Waals surface area contributed by atoms with Crippen LogP contribution in [0.3, 0.4) is 0 Å². The van der Waals surface area contributed by atoms with Crippen molar-refractivity contribution in [3.8, 4) is 0 Å². The van der Waals surface area contributed by atoms with E-state index in [0.29, 0.717) is 12.6 Å². The maximum Gasteiger partial charge on any atom is 0.236 e. The highest BCUT2D eigenvalue weighted by molar-refractivity contribution is 5.78. The van der Waals surface area contributed by atoms with Gasteiger partial charge < -0.3 is 10.2 Å². The summed E-state index contributed by atoms with van der Waals surface area (Å²) < 4.78 is 0. The van der Waals surface area contributed by atoms with Crippen LogP contribution >= 0.6 is 0 Å². The van der Waals surface area contributed by atoms with Crippen molar-refractivity contribution in [2.75, 3.05) is 13.6 Å². The molecule has 1 N–H and O–H groups in total. The van der Waals surface area contributed by atoms with Crippen LogP contribution in [0.5, 0.6) is 0 Å². The molecule has 0 spiro atoms. The maximum absolute atomic E-state index is 11.7. The molecule has 1 fully saturated rings. The summed E-state index contributed by atoms with van der Waals surface area (Å²) in [4.78, 5) is 13.6. The van der Waals surface area contributed by atoms with Gasteiger partial charge in [0.15, 0.2) is 0 Å². The van der Waals surface area contributed by atoms with Crippen LogP contribution in [-0.2, 0) is 4.79 Å². The van der Waals surface area contributed by atoms with E-state index >= 15 is 0 Å². The molecule has 1 aliphatic rings. The minimum atomic E-state index is 0.0239. The molecule has 0 aromatic rings. The van der Waals surface area contributed by atoms with Crippen molar-refractivity contribution in [1.29, 1.82) is 0 Å². The molecule has 14 heavy (non-hydrogen) atoms. The monoisotopic (exact) mass is 198 g/mol. The molecule has 3 nitrogen and oxygen atoms in total. The maximum atomic E-state index is 11.7. The molecule has 0 aromatic heterocycles. The number of nitrogens with zero attached hydrogens (tertiary/aromatic N) is 1. The van der Waals surface area contributed by atoms with E-state index in [1.165, 1.54) is 19.3 Å². The molecule has 1 aliphatic carbocycles. The molecule has 1 saturated carbocycles. The largest absolute Gasteiger partial charge is 0.342 e. The third-order valence-electron chi connectivity index (χ3n) is 2.79. The van der Waals surface area contributed by atoms with Crippen molar-refractivity contribution in [3.05, 3.63) is 0 Å². The molecule has 0 atom stereocenters. The summed E-state index contributed by atoms with van der Waals surface area (Å²) >= 11 is 0. The minimum absolute atomic E-state index is 0.0239. The quantitative estimate of drug-likeness (QED) is 0.743. The fourth-order valence-corrected chi connectivity index (χ4v) is 1.44. The number of hydrogen-bond acceptors (Lipinski definition) is 2. The highest BCUT2D eigenvalue weighted by Crippen LogP contribution is 2.23. The molecule has 0 aromatic carbocycles. The highest BCUT2D eigenvalue weighted by Gasteiger charge is 2.25. The Labute approximate surface area is 86.9 Å². The average Bonchev–Trinajstić information content (AvgIpc) is 1.95. The first-order valence-electron chi connectivity index (χ1n) is 5.41. The van der Waals surface area contributed by atoms with Crippen LogP contribution in [0.1, 0.15) is 40.0 Å². The summed E-state index contributed by atoms with van der Waals surface area (Å²) in [6, 6.07) is 0.504. The molecule has 0 saturated heterocycles. The second-order valence-corrected chi connectivity index (χ2v) is 5.19. The van der Waals surface area contributed by atoms with Gasteiger partial charge in [-0.25, -0.2) is 0 Å². The second kappa shape index (κ2) is 4.30. The minimum Gasteiger partial charge on any atom is -0.342 e. The summed E-state index contributed by atoms with van der Waals surface area (Å²) in [5.74, 6) is 0.213. The van der Waals surface area contributed by atoms with Crippen LogP contribution in [0.2, 0.25) is 0 Å². The number of carbonyl (C=O) groups is 1. The topological polar surface area (TPSA) is 32.3 Å². The van der Waals surface area contributed by atoms with Gasteiger partial charge in [0.25, 0.3) is 0 Å². The van der Waals surface area contributed by atoms with Gasteiger partial charge in [-0.3, -0.25) is 4.79 Å². The lowest BCUT2D eigenvalue weighted by atomic mass is 9.92. The Kier molecular flexibility index (Phi) is 3.53. The molecule has 3 heteroatoms. The zero-order valence-corrected chi connectivity index (χ0v) is 9.76. The van der Waals surface area contributed by atoms with Crippen LogP contribution in [0.25, 0.3) is 0 Å². The Bertz CT molecular complexity index is 204. The molecule has 0 heterocycles. The van der Waals surface area contributed by atoms with Gasteiger partial charge in [0.2, 0.25) is 5.91 Å². The molecule has 1 amide bonds. The third kappa shape index (κ3) is 3.29. The van der Waals surface area contributed by atoms with E-state index in [1.807, 2.05) is 11.9 Å². The van der Waals surface area contributed by atoms with Crippen molar-refractivity contribution in [1.82, 2.24) is 10.2 Å². The highest BCUT2D eigenvalue weighted by atomic mass is 16.2. The second-order valence-electron chi connectivity index (χ2n) is 5.19. The van der Waals surface area contributed by atoms with Crippen LogP contribution in [0, 0.1) is 0 Å². The van der Waals surface area contributed by atoms with Crippen molar-refractivity contribution < 1.29 is 4.79 Å². The van der Waals surface area contributed by atoms with Gasteiger partial charge in [-0.2, -0.15) is 0 Å². The van der Waals surface area contributed by atoms with E-state index in [9.17, 15) is 4.79 Å². The SMILES string of the molecule is CN(C(=O)CNC(C)(C)C)C1CCC1. The van der Waals surface area contributed by atoms with Crippen molar-refractivity contribution in [2.45, 2.75) is 51.6 Å². The number of amides is 1. The summed E-state index contributed by atoms with van der Waals surface area (Å²) in [7, 11) is 1.91. The van der Waals surface area contributed by atoms with E-state index in [1.54, 1.807) is 0 Å². The van der Waals surface area contributed by atoms with Crippen LogP contribution in [0.4, 0.5) is 0 Å². The average molecular weight is 198 g/mol. The Hall–Kier alpha value is -0.570. The van der Waals surface area contributed by atoms with Crippen LogP contribution < -0.4 is 5.32 Å². The molecule has 0 bridgehead atoms. The Balaban J connectivity index is 2.27. The van der Waals surface area contributed by atoms with E-state index in [-0.39, 0.29) is 11.4 Å². The number of rotatable bonds is 3. The standard InChI is InChI=1S/C11H22N2O/c1-11(2,3)12-8-10(14)13(4)9-6-5-7-9/h9,12H,5-8H2,1-4H3. The molecule has 1 rings (SSSR count). The smallest absolute Gasteiger partial charge is 0.236 e. The van der Waals surface area contributed by atoms with Gasteiger partial charge in [0, 0.05) is 18.6 Å². The van der Waals surface area contributed by atoms with Gasteiger partial charge >= 0.3 is 0 Å². The van der Waals surface area contributed by atoms with E-state index in [2.05, 4.69) is 26.1 Å². The molecule has 0 unspecified atom stereocenters. The van der Waals surface area contributed by atoms with Crippen LogP contribution in [0.15, 0.2) is 0 Å². The van der Waals surface area contributed by atoms with Crippen LogP contribution in [-0.4, -0.2) is 36.0 Å². The van der Waals surface area contributed by atoms with Gasteiger partial charge in [-0.1, -0.05) is 0 Å². The number of carbonyl (C=O) groups excluding carboxylic acids is 1. The Morgan fingerprint density at radius 2 is 2.00 bits per heavy atom. The molecular weight excluding hydrogens is 176 g/mol. The lowest BCUT2D eigenvalue weighted by Crippen LogP contribution is -2.48. The molecular formula is C11H22N2O. The number of likely N-dealkylation sites (N-methyl/N-ethyl adjacent to an activating group) is 1. The summed E-state index contributed by atoms with van der Waals surface area (Å²) in [5.41, 5.74) is 0.0239. The fraction of sp³-hybridized carbons (Fsp3) is 0.909. The summed E-state index contributed by atoms with van der Waals surface area (Å²) in [6.45, 7) is 6.67. The van der Waals surface area contributed by atoms with Crippen molar-refractivity contribution in [2.24, 2.45) is 0 Å². The molecule has 0 aliphatic heterocycles. The number of nitrogens with one attached hydrogen (secondary N) is 1.